The van der Waals surface area contributed by atoms with E-state index < -0.39 is 0 Å². The third-order valence-electron chi connectivity index (χ3n) is 7.86. The highest BCUT2D eigenvalue weighted by molar-refractivity contribution is 7.17. The summed E-state index contributed by atoms with van der Waals surface area (Å²) in [5.41, 5.74) is 4.30. The number of nitrogens with one attached hydrogen (secondary N) is 1. The first kappa shape index (κ1) is 27.2. The monoisotopic (exact) mass is 539 g/mol. The van der Waals surface area contributed by atoms with Gasteiger partial charge in [-0.3, -0.25) is 4.79 Å². The van der Waals surface area contributed by atoms with Gasteiger partial charge in [-0.25, -0.2) is 9.97 Å². The Morgan fingerprint density at radius 3 is 2.59 bits per heavy atom. The maximum atomic E-state index is 13.0. The van der Waals surface area contributed by atoms with Gasteiger partial charge in [0.2, 0.25) is 5.95 Å². The van der Waals surface area contributed by atoms with Crippen LogP contribution >= 0.6 is 11.3 Å². The summed E-state index contributed by atoms with van der Waals surface area (Å²) in [7, 11) is 0. The molecule has 0 aliphatic heterocycles. The number of hydrogen-bond acceptors (Lipinski definition) is 6. The summed E-state index contributed by atoms with van der Waals surface area (Å²) in [6.45, 7) is 2.41. The van der Waals surface area contributed by atoms with E-state index in [1.54, 1.807) is 6.20 Å². The molecule has 0 bridgehead atoms. The number of nitrogens with zero attached hydrogens (tertiary/aromatic N) is 2. The summed E-state index contributed by atoms with van der Waals surface area (Å²) in [5, 5.41) is 12.6. The number of thiophene rings is 1. The summed E-state index contributed by atoms with van der Waals surface area (Å²) < 4.78 is 0. The first-order valence-electron chi connectivity index (χ1n) is 14.1. The van der Waals surface area contributed by atoms with Crippen molar-refractivity contribution < 1.29 is 9.90 Å². The Kier molecular flexibility index (Phi) is 9.17. The molecule has 1 saturated carbocycles. The average molecular weight is 540 g/mol. The number of carbonyl (C=O) groups is 1. The number of ketones is 1. The predicted molar refractivity (Wildman–Crippen MR) is 160 cm³/mol. The van der Waals surface area contributed by atoms with Crippen LogP contribution in [0.1, 0.15) is 72.2 Å². The second kappa shape index (κ2) is 13.1. The summed E-state index contributed by atoms with van der Waals surface area (Å²) in [5.74, 6) is 2.29. The SMILES string of the molecule is C[C@@H](CC(=O)c1ccc(-c2ccnc(Nc3cccc(CC4CCC(CCO)CC4)c3)n2)s1)c1ccccc1. The van der Waals surface area contributed by atoms with Crippen LogP contribution < -0.4 is 5.32 Å². The third kappa shape index (κ3) is 7.40. The van der Waals surface area contributed by atoms with Crippen LogP contribution in [0.2, 0.25) is 0 Å². The number of benzene rings is 2. The van der Waals surface area contributed by atoms with E-state index in [4.69, 9.17) is 4.98 Å². The minimum atomic E-state index is 0.161. The van der Waals surface area contributed by atoms with Crippen molar-refractivity contribution in [2.75, 3.05) is 11.9 Å². The fraction of sp³-hybridized carbons (Fsp3) is 0.364. The van der Waals surface area contributed by atoms with Gasteiger partial charge >= 0.3 is 0 Å². The predicted octanol–water partition coefficient (Wildman–Crippen LogP) is 8.06. The van der Waals surface area contributed by atoms with E-state index in [0.717, 1.165) is 34.0 Å². The van der Waals surface area contributed by atoms with Crippen LogP contribution in [0.3, 0.4) is 0 Å². The van der Waals surface area contributed by atoms with Crippen LogP contribution in [-0.2, 0) is 6.42 Å². The van der Waals surface area contributed by atoms with E-state index in [2.05, 4.69) is 47.6 Å². The normalized spacial score (nSPS) is 18.0. The van der Waals surface area contributed by atoms with Crippen LogP contribution in [0, 0.1) is 11.8 Å². The van der Waals surface area contributed by atoms with Crippen LogP contribution in [0.5, 0.6) is 0 Å². The van der Waals surface area contributed by atoms with Gasteiger partial charge in [0.15, 0.2) is 5.78 Å². The lowest BCUT2D eigenvalue weighted by Gasteiger charge is -2.28. The molecule has 1 fully saturated rings. The highest BCUT2D eigenvalue weighted by Crippen LogP contribution is 2.33. The molecule has 2 heterocycles. The van der Waals surface area contributed by atoms with Crippen LogP contribution in [-0.4, -0.2) is 27.5 Å². The standard InChI is InChI=1S/C33H37N3O2S/c1-23(27-7-3-2-4-8-27)20-30(38)32-15-14-31(39-32)29-16-18-34-33(36-29)35-28-9-5-6-26(22-28)21-25-12-10-24(11-13-25)17-19-37/h2-9,14-16,18,22-25,37H,10-13,17,19-21H2,1H3,(H,34,35,36)/t23-,24?,25?/m0/s1. The van der Waals surface area contributed by atoms with Gasteiger partial charge < -0.3 is 10.4 Å². The number of carbonyl (C=O) groups excluding carboxylic acids is 1. The Balaban J connectivity index is 1.20. The van der Waals surface area contributed by atoms with Gasteiger partial charge in [-0.1, -0.05) is 62.2 Å². The number of hydrogen-bond donors (Lipinski definition) is 2. The molecule has 0 radical (unpaired) electrons. The molecular weight excluding hydrogens is 502 g/mol. The summed E-state index contributed by atoms with van der Waals surface area (Å²) in [4.78, 5) is 23.9. The third-order valence-corrected chi connectivity index (χ3v) is 9.01. The lowest BCUT2D eigenvalue weighted by Crippen LogP contribution is -2.17. The van der Waals surface area contributed by atoms with E-state index in [0.29, 0.717) is 30.8 Å². The molecule has 2 N–H and O–H groups in total. The smallest absolute Gasteiger partial charge is 0.227 e. The zero-order chi connectivity index (χ0) is 27.0. The molecule has 5 rings (SSSR count). The van der Waals surface area contributed by atoms with Crippen molar-refractivity contribution in [2.45, 2.75) is 57.8 Å². The van der Waals surface area contributed by atoms with Gasteiger partial charge in [0.25, 0.3) is 0 Å². The van der Waals surface area contributed by atoms with Crippen molar-refractivity contribution in [1.29, 1.82) is 0 Å². The maximum absolute atomic E-state index is 13.0. The highest BCUT2D eigenvalue weighted by atomic mass is 32.1. The molecule has 39 heavy (non-hydrogen) atoms. The molecule has 0 saturated heterocycles. The number of aliphatic hydroxyl groups is 1. The molecule has 0 amide bonds. The lowest BCUT2D eigenvalue weighted by atomic mass is 9.78. The Bertz CT molecular complexity index is 1360. The molecule has 1 atom stereocenters. The Labute approximate surface area is 235 Å². The summed E-state index contributed by atoms with van der Waals surface area (Å²) in [6.07, 6.45) is 9.21. The summed E-state index contributed by atoms with van der Waals surface area (Å²) in [6, 6.07) is 24.5. The van der Waals surface area contributed by atoms with Crippen molar-refractivity contribution >= 4 is 28.8 Å². The van der Waals surface area contributed by atoms with E-state index >= 15 is 0 Å². The first-order valence-corrected chi connectivity index (χ1v) is 14.9. The Morgan fingerprint density at radius 1 is 1.00 bits per heavy atom. The van der Waals surface area contributed by atoms with Crippen LogP contribution in [0.4, 0.5) is 11.6 Å². The van der Waals surface area contributed by atoms with Gasteiger partial charge in [0.05, 0.1) is 15.4 Å². The van der Waals surface area contributed by atoms with Crippen molar-refractivity contribution in [3.63, 3.8) is 0 Å². The minimum absolute atomic E-state index is 0.161. The molecule has 5 nitrogen and oxygen atoms in total. The zero-order valence-electron chi connectivity index (χ0n) is 22.6. The van der Waals surface area contributed by atoms with Crippen LogP contribution in [0.15, 0.2) is 79.0 Å². The molecule has 6 heteroatoms. The number of anilines is 2. The Morgan fingerprint density at radius 2 is 1.79 bits per heavy atom. The lowest BCUT2D eigenvalue weighted by molar-refractivity contribution is 0.0979. The topological polar surface area (TPSA) is 75.1 Å². The number of rotatable bonds is 11. The Hall–Kier alpha value is -3.35. The van der Waals surface area contributed by atoms with Gasteiger partial charge in [-0.2, -0.15) is 0 Å². The first-order chi connectivity index (χ1) is 19.1. The fourth-order valence-corrected chi connectivity index (χ4v) is 6.53. The molecule has 4 aromatic rings. The number of aliphatic hydroxyl groups excluding tert-OH is 1. The van der Waals surface area contributed by atoms with E-state index in [1.165, 1.54) is 48.1 Å². The van der Waals surface area contributed by atoms with Crippen LogP contribution in [0.25, 0.3) is 10.6 Å². The molecule has 1 aliphatic carbocycles. The molecule has 1 aliphatic rings. The zero-order valence-corrected chi connectivity index (χ0v) is 23.4. The van der Waals surface area contributed by atoms with E-state index in [-0.39, 0.29) is 11.7 Å². The van der Waals surface area contributed by atoms with Crippen molar-refractivity contribution in [3.8, 4) is 10.6 Å². The van der Waals surface area contributed by atoms with Gasteiger partial charge in [0, 0.05) is 24.9 Å². The molecule has 0 spiro atoms. The fourth-order valence-electron chi connectivity index (χ4n) is 5.61. The van der Waals surface area contributed by atoms with Gasteiger partial charge in [-0.05, 0) is 84.9 Å². The largest absolute Gasteiger partial charge is 0.396 e. The number of Topliss-reactive ketones (excluding diaryl/α,β-unsaturated/α-hetero) is 1. The highest BCUT2D eigenvalue weighted by Gasteiger charge is 2.21. The molecule has 0 unspecified atom stereocenters. The molecule has 2 aromatic carbocycles. The van der Waals surface area contributed by atoms with Crippen molar-refractivity contribution in [1.82, 2.24) is 9.97 Å². The maximum Gasteiger partial charge on any atom is 0.227 e. The second-order valence-corrected chi connectivity index (χ2v) is 11.9. The summed E-state index contributed by atoms with van der Waals surface area (Å²) >= 11 is 1.49. The van der Waals surface area contributed by atoms with Crippen molar-refractivity contribution in [2.24, 2.45) is 11.8 Å². The van der Waals surface area contributed by atoms with Crippen molar-refractivity contribution in [3.05, 3.63) is 95.0 Å². The quantitative estimate of drug-likeness (QED) is 0.189. The second-order valence-electron chi connectivity index (χ2n) is 10.8. The van der Waals surface area contributed by atoms with Gasteiger partial charge in [0.1, 0.15) is 0 Å². The molecule has 202 valence electrons. The molecule has 2 aromatic heterocycles. The van der Waals surface area contributed by atoms with Gasteiger partial charge in [-0.15, -0.1) is 11.3 Å². The van der Waals surface area contributed by atoms with E-state index in [1.807, 2.05) is 42.5 Å². The minimum Gasteiger partial charge on any atom is -0.396 e. The number of aromatic nitrogens is 2. The average Bonchev–Trinajstić information content (AvgIpc) is 3.46. The molecular formula is C33H37N3O2S. The van der Waals surface area contributed by atoms with E-state index in [9.17, 15) is 9.90 Å².